The average Bonchev–Trinajstić information content (AvgIpc) is 2.90. The molecule has 26 heavy (non-hydrogen) atoms. The van der Waals surface area contributed by atoms with Gasteiger partial charge in [-0.25, -0.2) is 0 Å². The Balaban J connectivity index is 1.37. The number of carbonyl (C=O) groups excluding carboxylic acids is 2. The number of rotatable bonds is 8. The number of hydrogen-bond donors (Lipinski definition) is 0. The van der Waals surface area contributed by atoms with E-state index in [0.717, 1.165) is 30.7 Å². The molecule has 0 saturated heterocycles. The van der Waals surface area contributed by atoms with Gasteiger partial charge >= 0.3 is 0 Å². The zero-order chi connectivity index (χ0) is 18.5. The molecular formula is C21H24N2O3. The number of anilines is 1. The third-order valence-electron chi connectivity index (χ3n) is 4.53. The number of ether oxygens (including phenoxy) is 1. The monoisotopic (exact) mass is 352 g/mol. The fraction of sp³-hybridized carbons (Fsp3) is 0.333. The van der Waals surface area contributed by atoms with E-state index in [4.69, 9.17) is 4.74 Å². The average molecular weight is 352 g/mol. The molecule has 0 radical (unpaired) electrons. The number of nitrogens with zero attached hydrogens (tertiary/aromatic N) is 2. The Bertz CT molecular complexity index is 749. The van der Waals surface area contributed by atoms with Gasteiger partial charge in [-0.15, -0.1) is 0 Å². The van der Waals surface area contributed by atoms with Crippen LogP contribution >= 0.6 is 0 Å². The molecule has 1 aliphatic heterocycles. The van der Waals surface area contributed by atoms with Gasteiger partial charge in [0, 0.05) is 26.3 Å². The van der Waals surface area contributed by atoms with Gasteiger partial charge in [-0.1, -0.05) is 12.1 Å². The van der Waals surface area contributed by atoms with Crippen LogP contribution in [0.25, 0.3) is 0 Å². The van der Waals surface area contributed by atoms with Crippen molar-refractivity contribution in [2.24, 2.45) is 0 Å². The number of benzene rings is 2. The lowest BCUT2D eigenvalue weighted by molar-refractivity contribution is 0.0651. The molecule has 0 spiro atoms. The summed E-state index contributed by atoms with van der Waals surface area (Å²) in [6.07, 6.45) is 2.58. The molecule has 0 unspecified atom stereocenters. The van der Waals surface area contributed by atoms with Crippen LogP contribution in [0.4, 0.5) is 5.69 Å². The van der Waals surface area contributed by atoms with Crippen LogP contribution in [0.3, 0.4) is 0 Å². The zero-order valence-corrected chi connectivity index (χ0v) is 15.3. The first kappa shape index (κ1) is 18.0. The van der Waals surface area contributed by atoms with Crippen LogP contribution in [0.15, 0.2) is 48.5 Å². The summed E-state index contributed by atoms with van der Waals surface area (Å²) in [6, 6.07) is 15.0. The van der Waals surface area contributed by atoms with Crippen molar-refractivity contribution in [2.45, 2.75) is 19.3 Å². The second-order valence-corrected chi connectivity index (χ2v) is 6.60. The molecule has 1 aliphatic rings. The molecule has 0 fully saturated rings. The standard InChI is InChI=1S/C21H24N2O3/c1-22(2)16-10-12-17(13-11-16)26-15-7-3-6-14-23-20(24)18-8-4-5-9-19(18)21(23)25/h4-5,8-13H,3,6-7,14-15H2,1-2H3. The van der Waals surface area contributed by atoms with Gasteiger partial charge in [-0.2, -0.15) is 0 Å². The molecule has 3 rings (SSSR count). The van der Waals surface area contributed by atoms with E-state index in [1.54, 1.807) is 24.3 Å². The predicted octanol–water partition coefficient (Wildman–Crippen LogP) is 3.60. The van der Waals surface area contributed by atoms with E-state index >= 15 is 0 Å². The third kappa shape index (κ3) is 3.87. The first-order valence-corrected chi connectivity index (χ1v) is 8.93. The van der Waals surface area contributed by atoms with Gasteiger partial charge in [0.25, 0.3) is 11.8 Å². The molecular weight excluding hydrogens is 328 g/mol. The van der Waals surface area contributed by atoms with Crippen LogP contribution in [0.2, 0.25) is 0 Å². The van der Waals surface area contributed by atoms with Crippen molar-refractivity contribution >= 4 is 17.5 Å². The van der Waals surface area contributed by atoms with E-state index in [2.05, 4.69) is 0 Å². The minimum Gasteiger partial charge on any atom is -0.494 e. The SMILES string of the molecule is CN(C)c1ccc(OCCCCCN2C(=O)c3ccccc3C2=O)cc1. The largest absolute Gasteiger partial charge is 0.494 e. The zero-order valence-electron chi connectivity index (χ0n) is 15.3. The van der Waals surface area contributed by atoms with E-state index < -0.39 is 0 Å². The van der Waals surface area contributed by atoms with Gasteiger partial charge in [-0.3, -0.25) is 14.5 Å². The summed E-state index contributed by atoms with van der Waals surface area (Å²) in [5.41, 5.74) is 2.17. The summed E-state index contributed by atoms with van der Waals surface area (Å²) >= 11 is 0. The summed E-state index contributed by atoms with van der Waals surface area (Å²) in [5.74, 6) is 0.501. The fourth-order valence-electron chi connectivity index (χ4n) is 3.02. The summed E-state index contributed by atoms with van der Waals surface area (Å²) in [4.78, 5) is 27.9. The first-order chi connectivity index (χ1) is 12.6. The quantitative estimate of drug-likeness (QED) is 0.538. The second-order valence-electron chi connectivity index (χ2n) is 6.60. The predicted molar refractivity (Wildman–Crippen MR) is 102 cm³/mol. The maximum atomic E-state index is 12.3. The highest BCUT2D eigenvalue weighted by atomic mass is 16.5. The van der Waals surface area contributed by atoms with Crippen molar-refractivity contribution in [3.8, 4) is 5.75 Å². The Labute approximate surface area is 154 Å². The maximum absolute atomic E-state index is 12.3. The Morgan fingerprint density at radius 1 is 0.846 bits per heavy atom. The number of hydrogen-bond acceptors (Lipinski definition) is 4. The minimum atomic E-state index is -0.178. The summed E-state index contributed by atoms with van der Waals surface area (Å²) < 4.78 is 5.74. The van der Waals surface area contributed by atoms with Crippen molar-refractivity contribution in [1.82, 2.24) is 4.90 Å². The summed E-state index contributed by atoms with van der Waals surface area (Å²) in [5, 5.41) is 0. The van der Waals surface area contributed by atoms with Gasteiger partial charge < -0.3 is 9.64 Å². The molecule has 0 aliphatic carbocycles. The molecule has 0 aromatic heterocycles. The highest BCUT2D eigenvalue weighted by Gasteiger charge is 2.34. The van der Waals surface area contributed by atoms with Crippen molar-refractivity contribution in [1.29, 1.82) is 0 Å². The van der Waals surface area contributed by atoms with Crippen LogP contribution in [0.5, 0.6) is 5.75 Å². The van der Waals surface area contributed by atoms with E-state index in [1.807, 2.05) is 43.3 Å². The Morgan fingerprint density at radius 3 is 2.04 bits per heavy atom. The highest BCUT2D eigenvalue weighted by molar-refractivity contribution is 6.21. The molecule has 2 aromatic rings. The molecule has 2 amide bonds. The van der Waals surface area contributed by atoms with Gasteiger partial charge in [0.15, 0.2) is 0 Å². The van der Waals surface area contributed by atoms with Crippen molar-refractivity contribution in [3.63, 3.8) is 0 Å². The molecule has 2 aromatic carbocycles. The first-order valence-electron chi connectivity index (χ1n) is 8.93. The number of amides is 2. The smallest absolute Gasteiger partial charge is 0.261 e. The number of fused-ring (bicyclic) bond motifs is 1. The van der Waals surface area contributed by atoms with Crippen LogP contribution in [0, 0.1) is 0 Å². The van der Waals surface area contributed by atoms with Gasteiger partial charge in [0.2, 0.25) is 0 Å². The fourth-order valence-corrected chi connectivity index (χ4v) is 3.02. The lowest BCUT2D eigenvalue weighted by Crippen LogP contribution is -2.30. The van der Waals surface area contributed by atoms with Gasteiger partial charge in [0.1, 0.15) is 5.75 Å². The highest BCUT2D eigenvalue weighted by Crippen LogP contribution is 2.23. The second kappa shape index (κ2) is 8.04. The Morgan fingerprint density at radius 2 is 1.46 bits per heavy atom. The molecule has 0 bridgehead atoms. The van der Waals surface area contributed by atoms with Crippen LogP contribution in [-0.2, 0) is 0 Å². The lowest BCUT2D eigenvalue weighted by Gasteiger charge is -2.14. The van der Waals surface area contributed by atoms with Crippen LogP contribution in [-0.4, -0.2) is 44.0 Å². The van der Waals surface area contributed by atoms with Crippen molar-refractivity contribution < 1.29 is 14.3 Å². The molecule has 0 saturated carbocycles. The molecule has 136 valence electrons. The summed E-state index contributed by atoms with van der Waals surface area (Å²) in [6.45, 7) is 1.09. The van der Waals surface area contributed by atoms with Crippen LogP contribution < -0.4 is 9.64 Å². The van der Waals surface area contributed by atoms with E-state index in [0.29, 0.717) is 24.3 Å². The molecule has 0 N–H and O–H groups in total. The van der Waals surface area contributed by atoms with E-state index in [-0.39, 0.29) is 11.8 Å². The summed E-state index contributed by atoms with van der Waals surface area (Å²) in [7, 11) is 4.01. The Kier molecular flexibility index (Phi) is 5.56. The topological polar surface area (TPSA) is 49.9 Å². The number of imide groups is 1. The molecule has 5 heteroatoms. The molecule has 5 nitrogen and oxygen atoms in total. The van der Waals surface area contributed by atoms with Gasteiger partial charge in [0.05, 0.1) is 17.7 Å². The van der Waals surface area contributed by atoms with E-state index in [9.17, 15) is 9.59 Å². The van der Waals surface area contributed by atoms with E-state index in [1.165, 1.54) is 4.90 Å². The van der Waals surface area contributed by atoms with Crippen molar-refractivity contribution in [2.75, 3.05) is 32.1 Å². The lowest BCUT2D eigenvalue weighted by atomic mass is 10.1. The number of unbranched alkanes of at least 4 members (excludes halogenated alkanes) is 2. The minimum absolute atomic E-state index is 0.178. The van der Waals surface area contributed by atoms with Crippen molar-refractivity contribution in [3.05, 3.63) is 59.7 Å². The van der Waals surface area contributed by atoms with Crippen LogP contribution in [0.1, 0.15) is 40.0 Å². The normalized spacial score (nSPS) is 13.1. The molecule has 0 atom stereocenters. The Hall–Kier alpha value is -2.82. The third-order valence-corrected chi connectivity index (χ3v) is 4.53. The van der Waals surface area contributed by atoms with Gasteiger partial charge in [-0.05, 0) is 55.7 Å². The number of carbonyl (C=O) groups is 2. The maximum Gasteiger partial charge on any atom is 0.261 e. The molecule has 1 heterocycles.